The molecule has 4 aromatic carbocycles. The second-order valence-electron chi connectivity index (χ2n) is 8.77. The van der Waals surface area contributed by atoms with Crippen molar-refractivity contribution in [2.24, 2.45) is 0 Å². The molecule has 3 heteroatoms. The van der Waals surface area contributed by atoms with Gasteiger partial charge in [0, 0.05) is 23.7 Å². The maximum absolute atomic E-state index is 14.6. The monoisotopic (exact) mass is 435 g/mol. The molecule has 4 aromatic rings. The Morgan fingerprint density at radius 1 is 0.818 bits per heavy atom. The van der Waals surface area contributed by atoms with Gasteiger partial charge in [-0.1, -0.05) is 90.5 Å². The predicted molar refractivity (Wildman–Crippen MR) is 131 cm³/mol. The largest absolute Gasteiger partial charge is 0.331 e. The van der Waals surface area contributed by atoms with E-state index in [1.165, 1.54) is 22.8 Å². The molecule has 0 heterocycles. The second-order valence-corrected chi connectivity index (χ2v) is 8.77. The second kappa shape index (κ2) is 9.03. The first kappa shape index (κ1) is 21.1. The van der Waals surface area contributed by atoms with Crippen LogP contribution in [-0.2, 0) is 19.4 Å². The van der Waals surface area contributed by atoms with E-state index in [-0.39, 0.29) is 24.3 Å². The highest BCUT2D eigenvalue weighted by atomic mass is 19.1. The van der Waals surface area contributed by atoms with E-state index in [1.54, 1.807) is 12.1 Å². The quantitative estimate of drug-likeness (QED) is 0.345. The van der Waals surface area contributed by atoms with Crippen molar-refractivity contribution in [3.8, 4) is 11.1 Å². The van der Waals surface area contributed by atoms with E-state index >= 15 is 0 Å². The number of benzene rings is 4. The number of carbonyl (C=O) groups is 1. The van der Waals surface area contributed by atoms with Gasteiger partial charge in [0.05, 0.1) is 0 Å². The van der Waals surface area contributed by atoms with Gasteiger partial charge in [-0.05, 0) is 54.2 Å². The summed E-state index contributed by atoms with van der Waals surface area (Å²) in [6.45, 7) is 2.29. The third-order valence-corrected chi connectivity index (χ3v) is 6.55. The molecular weight excluding hydrogens is 409 g/mol. The summed E-state index contributed by atoms with van der Waals surface area (Å²) in [6, 6.07) is 31.0. The van der Waals surface area contributed by atoms with Crippen LogP contribution in [0.3, 0.4) is 0 Å². The summed E-state index contributed by atoms with van der Waals surface area (Å²) in [6.07, 6.45) is 1.56. The van der Waals surface area contributed by atoms with Crippen LogP contribution in [-0.4, -0.2) is 16.8 Å². The van der Waals surface area contributed by atoms with Crippen LogP contribution in [0.1, 0.15) is 32.6 Å². The lowest BCUT2D eigenvalue weighted by Gasteiger charge is -2.30. The number of hydrogen-bond donors (Lipinski definition) is 0. The Labute approximate surface area is 194 Å². The van der Waals surface area contributed by atoms with Crippen molar-refractivity contribution >= 4 is 5.91 Å². The molecule has 0 aliphatic heterocycles. The minimum Gasteiger partial charge on any atom is -0.331 e. The third kappa shape index (κ3) is 4.31. The van der Waals surface area contributed by atoms with Crippen LogP contribution >= 0.6 is 0 Å². The molecule has 0 saturated carbocycles. The van der Waals surface area contributed by atoms with Gasteiger partial charge in [-0.25, -0.2) is 4.39 Å². The summed E-state index contributed by atoms with van der Waals surface area (Å²) in [5.74, 6) is -0.343. The van der Waals surface area contributed by atoms with Gasteiger partial charge in [-0.2, -0.15) is 0 Å². The standard InChI is InChI=1S/C30H26FNO/c1-21-14-16-22(17-15-21)27-11-5-6-12-28(27)30(33)32(20-25-10-4-7-13-29(25)31)26-18-23-8-2-3-9-24(23)19-26/h2-17,26H,18-20H2,1H3. The molecule has 164 valence electrons. The smallest absolute Gasteiger partial charge is 0.255 e. The Hall–Kier alpha value is -3.72. The summed E-state index contributed by atoms with van der Waals surface area (Å²) in [5, 5.41) is 0. The van der Waals surface area contributed by atoms with Gasteiger partial charge < -0.3 is 4.90 Å². The van der Waals surface area contributed by atoms with Crippen LogP contribution in [0.25, 0.3) is 11.1 Å². The van der Waals surface area contributed by atoms with Crippen LogP contribution in [0.15, 0.2) is 97.1 Å². The molecule has 0 fully saturated rings. The van der Waals surface area contributed by atoms with E-state index in [1.807, 2.05) is 59.5 Å². The molecule has 33 heavy (non-hydrogen) atoms. The zero-order valence-corrected chi connectivity index (χ0v) is 18.7. The number of carbonyl (C=O) groups excluding carboxylic acids is 1. The van der Waals surface area contributed by atoms with E-state index in [2.05, 4.69) is 31.2 Å². The van der Waals surface area contributed by atoms with Gasteiger partial charge in [-0.15, -0.1) is 0 Å². The highest BCUT2D eigenvalue weighted by Gasteiger charge is 2.32. The van der Waals surface area contributed by atoms with E-state index in [0.29, 0.717) is 11.1 Å². The number of fused-ring (bicyclic) bond motifs is 1. The molecule has 0 N–H and O–H groups in total. The van der Waals surface area contributed by atoms with Crippen molar-refractivity contribution in [1.29, 1.82) is 0 Å². The number of hydrogen-bond acceptors (Lipinski definition) is 1. The van der Waals surface area contributed by atoms with Crippen molar-refractivity contribution in [2.45, 2.75) is 32.4 Å². The summed E-state index contributed by atoms with van der Waals surface area (Å²) in [7, 11) is 0. The van der Waals surface area contributed by atoms with Gasteiger partial charge in [-0.3, -0.25) is 4.79 Å². The van der Waals surface area contributed by atoms with E-state index in [9.17, 15) is 9.18 Å². The molecule has 0 saturated heterocycles. The van der Waals surface area contributed by atoms with Crippen molar-refractivity contribution in [3.05, 3.63) is 131 Å². The first-order valence-corrected chi connectivity index (χ1v) is 11.4. The number of amides is 1. The van der Waals surface area contributed by atoms with Gasteiger partial charge in [0.15, 0.2) is 0 Å². The van der Waals surface area contributed by atoms with Gasteiger partial charge in [0.1, 0.15) is 5.82 Å². The lowest BCUT2D eigenvalue weighted by atomic mass is 9.97. The summed E-state index contributed by atoms with van der Waals surface area (Å²) < 4.78 is 14.6. The first-order valence-electron chi connectivity index (χ1n) is 11.4. The van der Waals surface area contributed by atoms with Crippen molar-refractivity contribution < 1.29 is 9.18 Å². The third-order valence-electron chi connectivity index (χ3n) is 6.55. The molecule has 2 nitrogen and oxygen atoms in total. The van der Waals surface area contributed by atoms with Gasteiger partial charge in [0.2, 0.25) is 0 Å². The highest BCUT2D eigenvalue weighted by Crippen LogP contribution is 2.31. The van der Waals surface area contributed by atoms with Crippen molar-refractivity contribution in [2.75, 3.05) is 0 Å². The van der Waals surface area contributed by atoms with Crippen LogP contribution in [0, 0.1) is 12.7 Å². The number of aryl methyl sites for hydroxylation is 1. The topological polar surface area (TPSA) is 20.3 Å². The SMILES string of the molecule is Cc1ccc(-c2ccccc2C(=O)N(Cc2ccccc2F)C2Cc3ccccc3C2)cc1. The summed E-state index contributed by atoms with van der Waals surface area (Å²) in [4.78, 5) is 15.9. The molecule has 0 aromatic heterocycles. The molecule has 0 unspecified atom stereocenters. The number of rotatable bonds is 5. The number of halogens is 1. The van der Waals surface area contributed by atoms with E-state index in [4.69, 9.17) is 0 Å². The number of nitrogens with zero attached hydrogens (tertiary/aromatic N) is 1. The average Bonchev–Trinajstić information content (AvgIpc) is 3.28. The van der Waals surface area contributed by atoms with Gasteiger partial charge >= 0.3 is 0 Å². The molecule has 0 atom stereocenters. The lowest BCUT2D eigenvalue weighted by molar-refractivity contribution is 0.0666. The zero-order chi connectivity index (χ0) is 22.8. The molecular formula is C30H26FNO. The fourth-order valence-corrected chi connectivity index (χ4v) is 4.74. The molecule has 0 bridgehead atoms. The predicted octanol–water partition coefficient (Wildman–Crippen LogP) is 6.61. The minimum atomic E-state index is -0.280. The molecule has 0 radical (unpaired) electrons. The summed E-state index contributed by atoms with van der Waals surface area (Å²) >= 11 is 0. The maximum Gasteiger partial charge on any atom is 0.255 e. The van der Waals surface area contributed by atoms with Crippen LogP contribution in [0.4, 0.5) is 4.39 Å². The Morgan fingerprint density at radius 3 is 2.12 bits per heavy atom. The van der Waals surface area contributed by atoms with Crippen LogP contribution in [0.2, 0.25) is 0 Å². The van der Waals surface area contributed by atoms with Crippen LogP contribution in [0.5, 0.6) is 0 Å². The first-order chi connectivity index (χ1) is 16.1. The fraction of sp³-hybridized carbons (Fsp3) is 0.167. The zero-order valence-electron chi connectivity index (χ0n) is 18.7. The molecule has 1 aliphatic rings. The van der Waals surface area contributed by atoms with E-state index < -0.39 is 0 Å². The van der Waals surface area contributed by atoms with Crippen LogP contribution < -0.4 is 0 Å². The highest BCUT2D eigenvalue weighted by molar-refractivity contribution is 6.01. The summed E-state index contributed by atoms with van der Waals surface area (Å²) in [5.41, 5.74) is 6.79. The maximum atomic E-state index is 14.6. The fourth-order valence-electron chi connectivity index (χ4n) is 4.74. The van der Waals surface area contributed by atoms with Crippen molar-refractivity contribution in [1.82, 2.24) is 4.90 Å². The molecule has 1 amide bonds. The molecule has 1 aliphatic carbocycles. The Kier molecular flexibility index (Phi) is 5.78. The van der Waals surface area contributed by atoms with Gasteiger partial charge in [0.25, 0.3) is 5.91 Å². The molecule has 0 spiro atoms. The normalized spacial score (nSPS) is 13.0. The Morgan fingerprint density at radius 2 is 1.42 bits per heavy atom. The average molecular weight is 436 g/mol. The van der Waals surface area contributed by atoms with E-state index in [0.717, 1.165) is 24.0 Å². The Balaban J connectivity index is 1.54. The lowest BCUT2D eigenvalue weighted by Crippen LogP contribution is -2.40. The van der Waals surface area contributed by atoms with Crippen molar-refractivity contribution in [3.63, 3.8) is 0 Å². The minimum absolute atomic E-state index is 0.0134. The Bertz CT molecular complexity index is 1270. The molecule has 5 rings (SSSR count).